The van der Waals surface area contributed by atoms with Gasteiger partial charge in [0.15, 0.2) is 6.61 Å². The first-order valence-electron chi connectivity index (χ1n) is 8.79. The predicted molar refractivity (Wildman–Crippen MR) is 109 cm³/mol. The van der Waals surface area contributed by atoms with E-state index in [9.17, 15) is 22.8 Å². The Morgan fingerprint density at radius 1 is 1.00 bits per heavy atom. The number of nitrogens with one attached hydrogen (secondary N) is 3. The van der Waals surface area contributed by atoms with Crippen LogP contribution in [0, 0.1) is 0 Å². The van der Waals surface area contributed by atoms with Crippen molar-refractivity contribution in [2.75, 3.05) is 13.2 Å². The molecule has 0 unspecified atom stereocenters. The lowest BCUT2D eigenvalue weighted by atomic mass is 10.2. The Kier molecular flexibility index (Phi) is 8.78. The maximum absolute atomic E-state index is 12.1. The fourth-order valence-electron chi connectivity index (χ4n) is 2.21. The highest BCUT2D eigenvalue weighted by Gasteiger charge is 2.15. The second-order valence-electron chi connectivity index (χ2n) is 5.98. The van der Waals surface area contributed by atoms with Crippen LogP contribution in [0.2, 0.25) is 5.02 Å². The van der Waals surface area contributed by atoms with Gasteiger partial charge in [-0.2, -0.15) is 0 Å². The van der Waals surface area contributed by atoms with Gasteiger partial charge in [-0.25, -0.2) is 17.9 Å². The van der Waals surface area contributed by atoms with E-state index in [0.29, 0.717) is 0 Å². The Morgan fingerprint density at radius 3 is 2.43 bits per heavy atom. The summed E-state index contributed by atoms with van der Waals surface area (Å²) in [5.74, 6) is -1.61. The Labute approximate surface area is 178 Å². The highest BCUT2D eigenvalue weighted by atomic mass is 35.5. The molecule has 30 heavy (non-hydrogen) atoms. The van der Waals surface area contributed by atoms with Crippen LogP contribution in [0.5, 0.6) is 0 Å². The van der Waals surface area contributed by atoms with Crippen LogP contribution in [-0.2, 0) is 30.9 Å². The van der Waals surface area contributed by atoms with Gasteiger partial charge >= 0.3 is 12.0 Å². The molecule has 0 aliphatic rings. The average molecular weight is 454 g/mol. The number of ether oxygens (including phenoxy) is 1. The zero-order valence-corrected chi connectivity index (χ0v) is 17.3. The van der Waals surface area contributed by atoms with E-state index in [4.69, 9.17) is 16.3 Å². The first-order valence-corrected chi connectivity index (χ1v) is 10.6. The third-order valence-corrected chi connectivity index (χ3v) is 5.33. The monoisotopic (exact) mass is 453 g/mol. The minimum atomic E-state index is -3.83. The van der Waals surface area contributed by atoms with Crippen molar-refractivity contribution >= 4 is 39.5 Å². The molecule has 0 aliphatic heterocycles. The highest BCUT2D eigenvalue weighted by molar-refractivity contribution is 7.89. The number of sulfonamides is 1. The summed E-state index contributed by atoms with van der Waals surface area (Å²) >= 11 is 5.76. The molecule has 160 valence electrons. The molecule has 0 bridgehead atoms. The fourth-order valence-corrected chi connectivity index (χ4v) is 3.54. The minimum absolute atomic E-state index is 0.0377. The number of carbonyl (C=O) groups is 3. The van der Waals surface area contributed by atoms with Crippen LogP contribution >= 0.6 is 11.6 Å². The quantitative estimate of drug-likeness (QED) is 0.494. The standard InChI is InChI=1S/C19H20ClN3O6S/c20-15-7-4-8-16(11-15)30(27,28)22-10-9-18(25)29-13-17(24)23-19(26)21-12-14-5-2-1-3-6-14/h1-8,11,22H,9-10,12-13H2,(H2,21,23,24,26). The van der Waals surface area contributed by atoms with Crippen molar-refractivity contribution in [3.8, 4) is 0 Å². The van der Waals surface area contributed by atoms with Gasteiger partial charge in [0.1, 0.15) is 0 Å². The van der Waals surface area contributed by atoms with E-state index in [1.165, 1.54) is 24.3 Å². The molecule has 0 aliphatic carbocycles. The van der Waals surface area contributed by atoms with E-state index < -0.39 is 34.5 Å². The summed E-state index contributed by atoms with van der Waals surface area (Å²) < 4.78 is 31.1. The topological polar surface area (TPSA) is 131 Å². The second kappa shape index (κ2) is 11.3. The smallest absolute Gasteiger partial charge is 0.321 e. The maximum atomic E-state index is 12.1. The molecule has 0 saturated carbocycles. The Hall–Kier alpha value is -2.95. The number of halogens is 1. The Morgan fingerprint density at radius 2 is 1.73 bits per heavy atom. The zero-order valence-electron chi connectivity index (χ0n) is 15.8. The lowest BCUT2D eigenvalue weighted by molar-refractivity contribution is -0.148. The molecule has 2 aromatic rings. The number of urea groups is 1. The molecular formula is C19H20ClN3O6S. The first kappa shape index (κ1) is 23.3. The highest BCUT2D eigenvalue weighted by Crippen LogP contribution is 2.15. The van der Waals surface area contributed by atoms with Gasteiger partial charge in [0.2, 0.25) is 10.0 Å². The van der Waals surface area contributed by atoms with Crippen molar-refractivity contribution in [3.63, 3.8) is 0 Å². The number of hydrogen-bond donors (Lipinski definition) is 3. The molecule has 0 spiro atoms. The van der Waals surface area contributed by atoms with Gasteiger partial charge in [0.25, 0.3) is 5.91 Å². The number of hydrogen-bond acceptors (Lipinski definition) is 6. The third-order valence-electron chi connectivity index (χ3n) is 3.64. The maximum Gasteiger partial charge on any atom is 0.321 e. The van der Waals surface area contributed by atoms with E-state index in [2.05, 4.69) is 10.0 Å². The predicted octanol–water partition coefficient (Wildman–Crippen LogP) is 1.58. The third kappa shape index (κ3) is 8.19. The molecule has 0 atom stereocenters. The zero-order chi connectivity index (χ0) is 22.0. The van der Waals surface area contributed by atoms with Crippen LogP contribution in [0.4, 0.5) is 4.79 Å². The molecule has 9 nitrogen and oxygen atoms in total. The summed E-state index contributed by atoms with van der Waals surface area (Å²) in [6.45, 7) is -0.669. The summed E-state index contributed by atoms with van der Waals surface area (Å²) in [4.78, 5) is 34.9. The van der Waals surface area contributed by atoms with E-state index in [1.54, 1.807) is 0 Å². The normalized spacial score (nSPS) is 10.8. The van der Waals surface area contributed by atoms with E-state index in [-0.39, 0.29) is 29.4 Å². The van der Waals surface area contributed by atoms with Gasteiger partial charge in [0.05, 0.1) is 11.3 Å². The van der Waals surface area contributed by atoms with Gasteiger partial charge in [-0.3, -0.25) is 14.9 Å². The number of rotatable bonds is 9. The molecule has 2 aromatic carbocycles. The lowest BCUT2D eigenvalue weighted by Gasteiger charge is -2.08. The average Bonchev–Trinajstić information content (AvgIpc) is 2.71. The SMILES string of the molecule is O=C(COC(=O)CCNS(=O)(=O)c1cccc(Cl)c1)NC(=O)NCc1ccccc1. The molecule has 11 heteroatoms. The largest absolute Gasteiger partial charge is 0.456 e. The molecule has 0 radical (unpaired) electrons. The summed E-state index contributed by atoms with van der Waals surface area (Å²) in [6, 6.07) is 14.0. The molecule has 0 heterocycles. The van der Waals surface area contributed by atoms with Crippen molar-refractivity contribution in [2.24, 2.45) is 0 Å². The van der Waals surface area contributed by atoms with Crippen LogP contribution in [0.25, 0.3) is 0 Å². The summed E-state index contributed by atoms with van der Waals surface area (Å²) in [5.41, 5.74) is 0.853. The number of carbonyl (C=O) groups excluding carboxylic acids is 3. The molecule has 3 N–H and O–H groups in total. The van der Waals surface area contributed by atoms with Crippen molar-refractivity contribution in [2.45, 2.75) is 17.9 Å². The number of benzene rings is 2. The van der Waals surface area contributed by atoms with E-state index in [0.717, 1.165) is 5.56 Å². The van der Waals surface area contributed by atoms with Gasteiger partial charge in [0, 0.05) is 18.1 Å². The van der Waals surface area contributed by atoms with Crippen LogP contribution in [0.3, 0.4) is 0 Å². The van der Waals surface area contributed by atoms with Gasteiger partial charge in [-0.1, -0.05) is 48.0 Å². The van der Waals surface area contributed by atoms with Crippen molar-refractivity contribution in [1.29, 1.82) is 0 Å². The number of esters is 1. The fraction of sp³-hybridized carbons (Fsp3) is 0.211. The van der Waals surface area contributed by atoms with Crippen molar-refractivity contribution in [1.82, 2.24) is 15.4 Å². The molecule has 0 fully saturated rings. The summed E-state index contributed by atoms with van der Waals surface area (Å²) in [6.07, 6.45) is -0.298. The number of amides is 3. The van der Waals surface area contributed by atoms with Gasteiger partial charge < -0.3 is 10.1 Å². The molecule has 0 aromatic heterocycles. The molecule has 3 amide bonds. The summed E-state index contributed by atoms with van der Waals surface area (Å²) in [7, 11) is -3.83. The van der Waals surface area contributed by atoms with Gasteiger partial charge in [-0.15, -0.1) is 0 Å². The second-order valence-corrected chi connectivity index (χ2v) is 8.19. The Bertz CT molecular complexity index is 998. The minimum Gasteiger partial charge on any atom is -0.456 e. The summed E-state index contributed by atoms with van der Waals surface area (Å²) in [5, 5.41) is 4.77. The molecular weight excluding hydrogens is 434 g/mol. The first-order chi connectivity index (χ1) is 14.3. The van der Waals surface area contributed by atoms with Crippen LogP contribution < -0.4 is 15.4 Å². The lowest BCUT2D eigenvalue weighted by Crippen LogP contribution is -2.41. The van der Waals surface area contributed by atoms with Crippen LogP contribution in [0.15, 0.2) is 59.5 Å². The van der Waals surface area contributed by atoms with Crippen molar-refractivity contribution in [3.05, 3.63) is 65.2 Å². The van der Waals surface area contributed by atoms with E-state index in [1.807, 2.05) is 35.6 Å². The van der Waals surface area contributed by atoms with Crippen molar-refractivity contribution < 1.29 is 27.5 Å². The molecule has 0 saturated heterocycles. The molecule has 2 rings (SSSR count). The van der Waals surface area contributed by atoms with E-state index >= 15 is 0 Å². The van der Waals surface area contributed by atoms with Crippen LogP contribution in [-0.4, -0.2) is 39.5 Å². The Balaban J connectivity index is 1.65. The van der Waals surface area contributed by atoms with Crippen LogP contribution in [0.1, 0.15) is 12.0 Å². The number of imide groups is 1. The van der Waals surface area contributed by atoms with Gasteiger partial charge in [-0.05, 0) is 23.8 Å².